The fourth-order valence-corrected chi connectivity index (χ4v) is 3.71. The maximum atomic E-state index is 12.1. The molecule has 1 heterocycles. The fraction of sp³-hybridized carbons (Fsp3) is 0.235. The SMILES string of the molecule is O=C1CSC(c2ccccc2)N1CC(O)c1ccccc1. The van der Waals surface area contributed by atoms with Gasteiger partial charge in [0.2, 0.25) is 5.91 Å². The standard InChI is InChI=1S/C17H17NO2S/c19-15(13-7-3-1-4-8-13)11-18-16(20)12-21-17(18)14-9-5-2-6-10-14/h1-10,15,17,19H,11-12H2. The summed E-state index contributed by atoms with van der Waals surface area (Å²) < 4.78 is 0. The Bertz CT molecular complexity index is 603. The molecule has 0 radical (unpaired) electrons. The number of aliphatic hydroxyl groups excluding tert-OH is 1. The van der Waals surface area contributed by atoms with Crippen LogP contribution < -0.4 is 0 Å². The number of aliphatic hydroxyl groups is 1. The first-order valence-corrected chi connectivity index (χ1v) is 7.99. The van der Waals surface area contributed by atoms with Crippen molar-refractivity contribution < 1.29 is 9.90 Å². The maximum Gasteiger partial charge on any atom is 0.233 e. The molecule has 1 aliphatic heterocycles. The van der Waals surface area contributed by atoms with Gasteiger partial charge in [0.15, 0.2) is 0 Å². The Balaban J connectivity index is 1.77. The summed E-state index contributed by atoms with van der Waals surface area (Å²) in [6, 6.07) is 19.5. The van der Waals surface area contributed by atoms with Crippen LogP contribution in [0.3, 0.4) is 0 Å². The highest BCUT2D eigenvalue weighted by Crippen LogP contribution is 2.39. The minimum absolute atomic E-state index is 0.00272. The molecular formula is C17H17NO2S. The van der Waals surface area contributed by atoms with Gasteiger partial charge in [0.25, 0.3) is 0 Å². The highest BCUT2D eigenvalue weighted by molar-refractivity contribution is 8.00. The Kier molecular flexibility index (Phi) is 4.27. The van der Waals surface area contributed by atoms with Gasteiger partial charge in [-0.15, -0.1) is 11.8 Å². The van der Waals surface area contributed by atoms with Gasteiger partial charge in [-0.3, -0.25) is 4.79 Å². The second-order valence-electron chi connectivity index (χ2n) is 5.05. The summed E-state index contributed by atoms with van der Waals surface area (Å²) in [7, 11) is 0. The predicted octanol–water partition coefficient (Wildman–Crippen LogP) is 2.99. The van der Waals surface area contributed by atoms with Gasteiger partial charge in [-0.1, -0.05) is 60.7 Å². The first-order chi connectivity index (χ1) is 10.3. The molecule has 2 aromatic carbocycles. The molecule has 108 valence electrons. The molecule has 2 atom stereocenters. The van der Waals surface area contributed by atoms with Crippen molar-refractivity contribution in [3.05, 3.63) is 71.8 Å². The van der Waals surface area contributed by atoms with Gasteiger partial charge in [-0.05, 0) is 11.1 Å². The van der Waals surface area contributed by atoms with Crippen LogP contribution in [0.2, 0.25) is 0 Å². The normalized spacial score (nSPS) is 19.8. The highest BCUT2D eigenvalue weighted by Gasteiger charge is 2.34. The highest BCUT2D eigenvalue weighted by atomic mass is 32.2. The monoisotopic (exact) mass is 299 g/mol. The molecule has 3 nitrogen and oxygen atoms in total. The Labute approximate surface area is 128 Å². The number of β-amino-alcohol motifs (C(OH)–C–C–N with tert-alkyl or cyclic N) is 1. The molecule has 1 saturated heterocycles. The van der Waals surface area contributed by atoms with Crippen LogP contribution in [0, 0.1) is 0 Å². The van der Waals surface area contributed by atoms with Crippen LogP contribution in [0.4, 0.5) is 0 Å². The summed E-state index contributed by atoms with van der Waals surface area (Å²) in [5.74, 6) is 0.560. The fourth-order valence-electron chi connectivity index (χ4n) is 2.51. The zero-order valence-corrected chi connectivity index (χ0v) is 12.4. The number of benzene rings is 2. The van der Waals surface area contributed by atoms with Crippen molar-refractivity contribution in [3.63, 3.8) is 0 Å². The second kappa shape index (κ2) is 6.33. The number of hydrogen-bond donors (Lipinski definition) is 1. The largest absolute Gasteiger partial charge is 0.387 e. The van der Waals surface area contributed by atoms with Crippen molar-refractivity contribution >= 4 is 17.7 Å². The van der Waals surface area contributed by atoms with E-state index >= 15 is 0 Å². The van der Waals surface area contributed by atoms with Crippen molar-refractivity contribution in [3.8, 4) is 0 Å². The van der Waals surface area contributed by atoms with Crippen LogP contribution in [0.1, 0.15) is 22.6 Å². The van der Waals surface area contributed by atoms with E-state index in [1.807, 2.05) is 60.7 Å². The summed E-state index contributed by atoms with van der Waals surface area (Å²) in [6.45, 7) is 0.329. The van der Waals surface area contributed by atoms with Crippen molar-refractivity contribution in [1.29, 1.82) is 0 Å². The molecule has 3 rings (SSSR count). The Morgan fingerprint density at radius 2 is 1.71 bits per heavy atom. The summed E-state index contributed by atoms with van der Waals surface area (Å²) in [5, 5.41) is 10.4. The van der Waals surface area contributed by atoms with Gasteiger partial charge in [-0.2, -0.15) is 0 Å². The van der Waals surface area contributed by atoms with E-state index < -0.39 is 6.10 Å². The second-order valence-corrected chi connectivity index (χ2v) is 6.12. The summed E-state index contributed by atoms with van der Waals surface area (Å²) in [4.78, 5) is 13.9. The van der Waals surface area contributed by atoms with E-state index in [0.717, 1.165) is 11.1 Å². The molecule has 0 bridgehead atoms. The van der Waals surface area contributed by atoms with E-state index in [1.54, 1.807) is 16.7 Å². The van der Waals surface area contributed by atoms with Crippen LogP contribution in [0.15, 0.2) is 60.7 Å². The average Bonchev–Trinajstić information content (AvgIpc) is 2.90. The molecule has 0 aromatic heterocycles. The number of carbonyl (C=O) groups excluding carboxylic acids is 1. The summed E-state index contributed by atoms with van der Waals surface area (Å²) in [5.41, 5.74) is 1.95. The molecule has 0 spiro atoms. The van der Waals surface area contributed by atoms with E-state index in [4.69, 9.17) is 0 Å². The van der Waals surface area contributed by atoms with Crippen molar-refractivity contribution in [1.82, 2.24) is 4.90 Å². The van der Waals surface area contributed by atoms with Crippen LogP contribution in [0.25, 0.3) is 0 Å². The summed E-state index contributed by atoms with van der Waals surface area (Å²) in [6.07, 6.45) is -0.653. The maximum absolute atomic E-state index is 12.1. The van der Waals surface area contributed by atoms with Crippen LogP contribution in [0.5, 0.6) is 0 Å². The lowest BCUT2D eigenvalue weighted by atomic mass is 10.1. The van der Waals surface area contributed by atoms with E-state index in [9.17, 15) is 9.90 Å². The summed E-state index contributed by atoms with van der Waals surface area (Å²) >= 11 is 1.61. The number of amides is 1. The van der Waals surface area contributed by atoms with Crippen molar-refractivity contribution in [2.75, 3.05) is 12.3 Å². The van der Waals surface area contributed by atoms with Crippen molar-refractivity contribution in [2.24, 2.45) is 0 Å². The number of rotatable bonds is 4. The van der Waals surface area contributed by atoms with Crippen LogP contribution in [-0.4, -0.2) is 28.2 Å². The van der Waals surface area contributed by atoms with Gasteiger partial charge < -0.3 is 10.0 Å². The number of hydrogen-bond acceptors (Lipinski definition) is 3. The number of carbonyl (C=O) groups is 1. The Hall–Kier alpha value is -1.78. The third kappa shape index (κ3) is 3.12. The molecule has 1 N–H and O–H groups in total. The molecule has 1 fully saturated rings. The number of thioether (sulfide) groups is 1. The smallest absolute Gasteiger partial charge is 0.233 e. The molecule has 21 heavy (non-hydrogen) atoms. The lowest BCUT2D eigenvalue weighted by Crippen LogP contribution is -2.32. The quantitative estimate of drug-likeness (QED) is 0.943. The van der Waals surface area contributed by atoms with Crippen LogP contribution in [-0.2, 0) is 4.79 Å². The number of nitrogens with zero attached hydrogens (tertiary/aromatic N) is 1. The van der Waals surface area contributed by atoms with Gasteiger partial charge in [-0.25, -0.2) is 0 Å². The molecule has 2 unspecified atom stereocenters. The molecular weight excluding hydrogens is 282 g/mol. The molecule has 1 aliphatic rings. The third-order valence-electron chi connectivity index (χ3n) is 3.61. The average molecular weight is 299 g/mol. The molecule has 0 aliphatic carbocycles. The first kappa shape index (κ1) is 14.2. The Morgan fingerprint density at radius 1 is 1.10 bits per heavy atom. The lowest BCUT2D eigenvalue weighted by molar-refractivity contribution is -0.129. The first-order valence-electron chi connectivity index (χ1n) is 6.95. The van der Waals surface area contributed by atoms with E-state index in [0.29, 0.717) is 12.3 Å². The van der Waals surface area contributed by atoms with Crippen molar-refractivity contribution in [2.45, 2.75) is 11.5 Å². The minimum atomic E-state index is -0.653. The van der Waals surface area contributed by atoms with Gasteiger partial charge in [0.05, 0.1) is 18.4 Å². The molecule has 2 aromatic rings. The zero-order valence-electron chi connectivity index (χ0n) is 11.6. The topological polar surface area (TPSA) is 40.5 Å². The molecule has 4 heteroatoms. The Morgan fingerprint density at radius 3 is 2.38 bits per heavy atom. The van der Waals surface area contributed by atoms with E-state index in [-0.39, 0.29) is 11.3 Å². The van der Waals surface area contributed by atoms with Gasteiger partial charge in [0.1, 0.15) is 5.37 Å². The van der Waals surface area contributed by atoms with E-state index in [1.165, 1.54) is 0 Å². The van der Waals surface area contributed by atoms with Crippen LogP contribution >= 0.6 is 11.8 Å². The van der Waals surface area contributed by atoms with Gasteiger partial charge >= 0.3 is 0 Å². The van der Waals surface area contributed by atoms with E-state index in [2.05, 4.69) is 0 Å². The van der Waals surface area contributed by atoms with Gasteiger partial charge in [0, 0.05) is 0 Å². The third-order valence-corrected chi connectivity index (χ3v) is 4.86. The molecule has 1 amide bonds. The predicted molar refractivity (Wildman–Crippen MR) is 84.8 cm³/mol. The zero-order chi connectivity index (χ0) is 14.7. The minimum Gasteiger partial charge on any atom is -0.387 e. The lowest BCUT2D eigenvalue weighted by Gasteiger charge is -2.26. The molecule has 0 saturated carbocycles.